The predicted octanol–water partition coefficient (Wildman–Crippen LogP) is 0.282. The Morgan fingerprint density at radius 3 is 2.29 bits per heavy atom. The minimum Gasteiger partial charge on any atom is -0.481 e. The number of sulfonamides is 1. The summed E-state index contributed by atoms with van der Waals surface area (Å²) in [6, 6.07) is 6.53. The van der Waals surface area contributed by atoms with E-state index in [9.17, 15) is 18.0 Å². The van der Waals surface area contributed by atoms with Gasteiger partial charge in [0.05, 0.1) is 12.2 Å². The zero-order chi connectivity index (χ0) is 16.0. The van der Waals surface area contributed by atoms with E-state index in [1.54, 1.807) is 24.3 Å². The van der Waals surface area contributed by atoms with E-state index >= 15 is 0 Å². The molecule has 0 aliphatic carbocycles. The highest BCUT2D eigenvalue weighted by molar-refractivity contribution is 7.89. The van der Waals surface area contributed by atoms with Gasteiger partial charge >= 0.3 is 5.97 Å². The van der Waals surface area contributed by atoms with Crippen LogP contribution in [0.4, 0.5) is 0 Å². The van der Waals surface area contributed by atoms with Gasteiger partial charge in [0, 0.05) is 26.2 Å². The highest BCUT2D eigenvalue weighted by Gasteiger charge is 2.19. The summed E-state index contributed by atoms with van der Waals surface area (Å²) in [7, 11) is -0.692. The van der Waals surface area contributed by atoms with Gasteiger partial charge in [-0.3, -0.25) is 9.59 Å². The fourth-order valence-corrected chi connectivity index (χ4v) is 2.72. The minimum atomic E-state index is -3.61. The Kier molecular flexibility index (Phi) is 5.86. The number of aliphatic carboxylic acids is 1. The maximum Gasteiger partial charge on any atom is 0.304 e. The van der Waals surface area contributed by atoms with Gasteiger partial charge < -0.3 is 10.4 Å². The fraction of sp³-hybridized carbons (Fsp3) is 0.385. The molecule has 0 aromatic heterocycles. The van der Waals surface area contributed by atoms with Crippen molar-refractivity contribution in [3.8, 4) is 0 Å². The molecule has 7 nitrogen and oxygen atoms in total. The van der Waals surface area contributed by atoms with Gasteiger partial charge in [-0.15, -0.1) is 0 Å². The molecule has 0 fully saturated rings. The summed E-state index contributed by atoms with van der Waals surface area (Å²) in [6.07, 6.45) is -0.428. The van der Waals surface area contributed by atoms with Crippen molar-refractivity contribution in [1.29, 1.82) is 0 Å². The molecule has 0 saturated carbocycles. The van der Waals surface area contributed by atoms with Crippen LogP contribution in [0.25, 0.3) is 0 Å². The number of hydrogen-bond donors (Lipinski definition) is 2. The molecule has 8 heteroatoms. The lowest BCUT2D eigenvalue weighted by molar-refractivity contribution is -0.136. The third-order valence-electron chi connectivity index (χ3n) is 2.90. The summed E-state index contributed by atoms with van der Waals surface area (Å²) in [6.45, 7) is 0.121. The Morgan fingerprint density at radius 1 is 1.24 bits per heavy atom. The average Bonchev–Trinajstić information content (AvgIpc) is 2.45. The molecule has 1 rings (SSSR count). The van der Waals surface area contributed by atoms with E-state index < -0.39 is 28.2 Å². The monoisotopic (exact) mass is 314 g/mol. The van der Waals surface area contributed by atoms with Gasteiger partial charge in [0.25, 0.3) is 5.91 Å². The lowest BCUT2D eigenvalue weighted by Crippen LogP contribution is -2.29. The van der Waals surface area contributed by atoms with Gasteiger partial charge in [-0.25, -0.2) is 12.7 Å². The van der Waals surface area contributed by atoms with E-state index in [1.807, 2.05) is 0 Å². The number of nitrogens with one attached hydrogen (secondary N) is 1. The Bertz CT molecular complexity index is 610. The number of amides is 1. The van der Waals surface area contributed by atoms with Crippen molar-refractivity contribution in [3.63, 3.8) is 0 Å². The maximum absolute atomic E-state index is 11.9. The van der Waals surface area contributed by atoms with Crippen LogP contribution >= 0.6 is 0 Å². The van der Waals surface area contributed by atoms with Crippen LogP contribution in [-0.2, 0) is 21.4 Å². The largest absolute Gasteiger partial charge is 0.481 e. The second-order valence-corrected chi connectivity index (χ2v) is 6.69. The molecule has 0 heterocycles. The third-order valence-corrected chi connectivity index (χ3v) is 4.70. The average molecular weight is 314 g/mol. The van der Waals surface area contributed by atoms with Crippen molar-refractivity contribution in [1.82, 2.24) is 9.62 Å². The maximum atomic E-state index is 11.9. The molecule has 0 unspecified atom stereocenters. The van der Waals surface area contributed by atoms with Crippen LogP contribution in [0.2, 0.25) is 0 Å². The van der Waals surface area contributed by atoms with Gasteiger partial charge in [0.15, 0.2) is 0 Å². The van der Waals surface area contributed by atoms with Gasteiger partial charge in [-0.1, -0.05) is 12.1 Å². The van der Waals surface area contributed by atoms with Crippen molar-refractivity contribution in [2.24, 2.45) is 0 Å². The van der Waals surface area contributed by atoms with E-state index in [1.165, 1.54) is 14.1 Å². The first-order valence-electron chi connectivity index (χ1n) is 6.23. The lowest BCUT2D eigenvalue weighted by Gasteiger charge is -2.16. The Balaban J connectivity index is 2.72. The molecule has 21 heavy (non-hydrogen) atoms. The molecule has 0 aliphatic rings. The summed E-state index contributed by atoms with van der Waals surface area (Å²) in [5, 5.41) is 11.0. The first kappa shape index (κ1) is 17.1. The molecule has 0 radical (unpaired) electrons. The van der Waals surface area contributed by atoms with E-state index in [4.69, 9.17) is 5.11 Å². The summed E-state index contributed by atoms with van der Waals surface area (Å²) in [5.74, 6) is -1.80. The first-order valence-corrected chi connectivity index (χ1v) is 7.84. The molecule has 1 amide bonds. The van der Waals surface area contributed by atoms with Crippen LogP contribution in [0.5, 0.6) is 0 Å². The number of carbonyl (C=O) groups is 2. The van der Waals surface area contributed by atoms with E-state index in [2.05, 4.69) is 5.32 Å². The van der Waals surface area contributed by atoms with Crippen molar-refractivity contribution in [2.45, 2.75) is 13.0 Å². The number of carboxylic acid groups (broad SMARTS) is 1. The fourth-order valence-electron chi connectivity index (χ4n) is 1.63. The molecular weight excluding hydrogens is 296 g/mol. The van der Waals surface area contributed by atoms with Crippen LogP contribution in [0.1, 0.15) is 22.3 Å². The van der Waals surface area contributed by atoms with Gasteiger partial charge in [-0.2, -0.15) is 0 Å². The molecule has 1 aromatic carbocycles. The number of rotatable bonds is 7. The van der Waals surface area contributed by atoms with Crippen molar-refractivity contribution in [3.05, 3.63) is 35.4 Å². The van der Waals surface area contributed by atoms with Crippen molar-refractivity contribution < 1.29 is 23.1 Å². The van der Waals surface area contributed by atoms with Crippen LogP contribution in [0.3, 0.4) is 0 Å². The normalized spacial score (nSPS) is 11.4. The summed E-state index contributed by atoms with van der Waals surface area (Å²) < 4.78 is 24.8. The van der Waals surface area contributed by atoms with Crippen LogP contribution < -0.4 is 5.32 Å². The quantitative estimate of drug-likeness (QED) is 0.752. The Hall–Kier alpha value is -1.93. The van der Waals surface area contributed by atoms with E-state index in [-0.39, 0.29) is 12.5 Å². The number of benzene rings is 1. The van der Waals surface area contributed by atoms with Crippen LogP contribution in [-0.4, -0.2) is 49.6 Å². The summed E-state index contributed by atoms with van der Waals surface area (Å²) >= 11 is 0. The Morgan fingerprint density at radius 2 is 1.81 bits per heavy atom. The Labute approximate surface area is 123 Å². The summed E-state index contributed by atoms with van der Waals surface area (Å²) in [5.41, 5.74) is 1.20. The van der Waals surface area contributed by atoms with Crippen LogP contribution in [0.15, 0.2) is 24.3 Å². The van der Waals surface area contributed by atoms with E-state index in [0.29, 0.717) is 11.1 Å². The van der Waals surface area contributed by atoms with Gasteiger partial charge in [0.2, 0.25) is 10.0 Å². The summed E-state index contributed by atoms with van der Waals surface area (Å²) in [4.78, 5) is 21.8. The van der Waals surface area contributed by atoms with E-state index in [0.717, 1.165) is 4.31 Å². The van der Waals surface area contributed by atoms with Crippen molar-refractivity contribution in [2.75, 3.05) is 19.8 Å². The standard InChI is InChI=1S/C13H18N2O5S/c1-14-13(18)11-5-3-10(4-6-11)9-15(2)21(19,20)8-7-12(16)17/h3-6H,7-9H2,1-2H3,(H,14,18)(H,16,17). The molecule has 0 bridgehead atoms. The number of nitrogens with zero attached hydrogens (tertiary/aromatic N) is 1. The first-order chi connectivity index (χ1) is 9.76. The number of hydrogen-bond acceptors (Lipinski definition) is 4. The predicted molar refractivity (Wildman–Crippen MR) is 77.3 cm³/mol. The molecule has 2 N–H and O–H groups in total. The minimum absolute atomic E-state index is 0.121. The zero-order valence-corrected chi connectivity index (χ0v) is 12.7. The molecule has 0 saturated heterocycles. The highest BCUT2D eigenvalue weighted by atomic mass is 32.2. The lowest BCUT2D eigenvalue weighted by atomic mass is 10.1. The van der Waals surface area contributed by atoms with Gasteiger partial charge in [0.1, 0.15) is 0 Å². The smallest absolute Gasteiger partial charge is 0.304 e. The SMILES string of the molecule is CNC(=O)c1ccc(CN(C)S(=O)(=O)CCC(=O)O)cc1. The van der Waals surface area contributed by atoms with Crippen molar-refractivity contribution >= 4 is 21.9 Å². The van der Waals surface area contributed by atoms with Gasteiger partial charge in [-0.05, 0) is 17.7 Å². The molecule has 116 valence electrons. The zero-order valence-electron chi connectivity index (χ0n) is 11.9. The molecule has 0 atom stereocenters. The molecule has 0 spiro atoms. The number of carbonyl (C=O) groups excluding carboxylic acids is 1. The van der Waals surface area contributed by atoms with Crippen LogP contribution in [0, 0.1) is 0 Å². The number of carboxylic acids is 1. The molecule has 0 aliphatic heterocycles. The molecular formula is C13H18N2O5S. The highest BCUT2D eigenvalue weighted by Crippen LogP contribution is 2.10. The second-order valence-electron chi connectivity index (χ2n) is 4.49. The second kappa shape index (κ2) is 7.19. The third kappa shape index (κ3) is 5.16. The molecule has 1 aromatic rings. The topological polar surface area (TPSA) is 104 Å².